The van der Waals surface area contributed by atoms with Gasteiger partial charge in [-0.05, 0) is 48.9 Å². The minimum absolute atomic E-state index is 0.147. The lowest BCUT2D eigenvalue weighted by molar-refractivity contribution is -0.121. The van der Waals surface area contributed by atoms with Crippen molar-refractivity contribution in [3.05, 3.63) is 59.7 Å². The summed E-state index contributed by atoms with van der Waals surface area (Å²) in [4.78, 5) is 11.4. The lowest BCUT2D eigenvalue weighted by Gasteiger charge is -2.07. The highest BCUT2D eigenvalue weighted by Gasteiger charge is 2.02. The second-order valence-electron chi connectivity index (χ2n) is 5.32. The molecular weight excluding hydrogens is 258 g/mol. The zero-order valence-corrected chi connectivity index (χ0v) is 12.9. The van der Waals surface area contributed by atoms with Crippen LogP contribution in [-0.2, 0) is 11.2 Å². The van der Waals surface area contributed by atoms with E-state index in [1.165, 1.54) is 22.3 Å². The summed E-state index contributed by atoms with van der Waals surface area (Å²) in [6.45, 7) is 4.79. The number of carbonyl (C=O) groups excluding carboxylic acids is 1. The predicted octanol–water partition coefficient (Wildman–Crippen LogP) is 4.12. The molecule has 0 saturated carbocycles. The van der Waals surface area contributed by atoms with E-state index in [0.717, 1.165) is 12.8 Å². The summed E-state index contributed by atoms with van der Waals surface area (Å²) >= 11 is 0. The van der Waals surface area contributed by atoms with Crippen LogP contribution in [0.1, 0.15) is 30.9 Å². The van der Waals surface area contributed by atoms with Crippen LogP contribution in [0.4, 0.5) is 0 Å². The summed E-state index contributed by atoms with van der Waals surface area (Å²) in [5.41, 5.74) is 5.12. The van der Waals surface area contributed by atoms with Gasteiger partial charge in [0.2, 0.25) is 5.91 Å². The highest BCUT2D eigenvalue weighted by molar-refractivity contribution is 5.75. The number of hydrogen-bond acceptors (Lipinski definition) is 1. The standard InChI is InChI=1S/C19H23NO/c1-3-20-19(21)10-6-8-16-11-13-17(14-12-16)18-9-5-4-7-15(18)2/h4-5,7,9,11-14H,3,6,8,10H2,1-2H3,(H,20,21). The minimum Gasteiger partial charge on any atom is -0.356 e. The number of amides is 1. The molecule has 0 bridgehead atoms. The van der Waals surface area contributed by atoms with Crippen LogP contribution in [-0.4, -0.2) is 12.5 Å². The average molecular weight is 281 g/mol. The Morgan fingerprint density at radius 2 is 1.76 bits per heavy atom. The molecule has 1 N–H and O–H groups in total. The molecule has 0 aliphatic heterocycles. The third-order valence-corrected chi connectivity index (χ3v) is 3.65. The lowest BCUT2D eigenvalue weighted by atomic mass is 9.98. The van der Waals surface area contributed by atoms with Crippen LogP contribution < -0.4 is 5.32 Å². The molecule has 110 valence electrons. The molecule has 2 aromatic rings. The maximum absolute atomic E-state index is 11.4. The second kappa shape index (κ2) is 7.63. The predicted molar refractivity (Wildman–Crippen MR) is 88.2 cm³/mol. The summed E-state index contributed by atoms with van der Waals surface area (Å²) in [6, 6.07) is 17.1. The second-order valence-corrected chi connectivity index (χ2v) is 5.32. The van der Waals surface area contributed by atoms with Crippen molar-refractivity contribution in [2.45, 2.75) is 33.1 Å². The van der Waals surface area contributed by atoms with E-state index < -0.39 is 0 Å². The third-order valence-electron chi connectivity index (χ3n) is 3.65. The van der Waals surface area contributed by atoms with Gasteiger partial charge in [0.25, 0.3) is 0 Å². The lowest BCUT2D eigenvalue weighted by Crippen LogP contribution is -2.22. The van der Waals surface area contributed by atoms with Crippen LogP contribution in [0.5, 0.6) is 0 Å². The number of rotatable bonds is 6. The fraction of sp³-hybridized carbons (Fsp3) is 0.316. The van der Waals surface area contributed by atoms with Crippen molar-refractivity contribution in [1.29, 1.82) is 0 Å². The van der Waals surface area contributed by atoms with Crippen LogP contribution in [0.15, 0.2) is 48.5 Å². The van der Waals surface area contributed by atoms with Gasteiger partial charge in [-0.2, -0.15) is 0 Å². The van der Waals surface area contributed by atoms with Crippen LogP contribution >= 0.6 is 0 Å². The number of hydrogen-bond donors (Lipinski definition) is 1. The van der Waals surface area contributed by atoms with E-state index in [1.54, 1.807) is 0 Å². The number of benzene rings is 2. The molecule has 2 rings (SSSR count). The molecule has 0 aliphatic carbocycles. The fourth-order valence-corrected chi connectivity index (χ4v) is 2.49. The van der Waals surface area contributed by atoms with Crippen LogP contribution in [0.3, 0.4) is 0 Å². The molecule has 0 saturated heterocycles. The maximum atomic E-state index is 11.4. The molecule has 0 spiro atoms. The van der Waals surface area contributed by atoms with Gasteiger partial charge in [-0.15, -0.1) is 0 Å². The molecular formula is C19H23NO. The molecule has 0 unspecified atom stereocenters. The van der Waals surface area contributed by atoms with Gasteiger partial charge >= 0.3 is 0 Å². The van der Waals surface area contributed by atoms with Gasteiger partial charge in [-0.1, -0.05) is 48.5 Å². The molecule has 0 aromatic heterocycles. The van der Waals surface area contributed by atoms with E-state index in [0.29, 0.717) is 13.0 Å². The first-order chi connectivity index (χ1) is 10.2. The highest BCUT2D eigenvalue weighted by Crippen LogP contribution is 2.23. The van der Waals surface area contributed by atoms with Gasteiger partial charge in [-0.25, -0.2) is 0 Å². The van der Waals surface area contributed by atoms with Gasteiger partial charge < -0.3 is 5.32 Å². The Bertz CT molecular complexity index is 587. The average Bonchev–Trinajstić information content (AvgIpc) is 2.49. The van der Waals surface area contributed by atoms with E-state index in [4.69, 9.17) is 0 Å². The Hall–Kier alpha value is -2.09. The van der Waals surface area contributed by atoms with Crippen molar-refractivity contribution >= 4 is 5.91 Å². The smallest absolute Gasteiger partial charge is 0.219 e. The minimum atomic E-state index is 0.147. The molecule has 0 fully saturated rings. The molecule has 0 atom stereocenters. The van der Waals surface area contributed by atoms with E-state index >= 15 is 0 Å². The Balaban J connectivity index is 1.94. The van der Waals surface area contributed by atoms with Crippen molar-refractivity contribution in [2.24, 2.45) is 0 Å². The van der Waals surface area contributed by atoms with Gasteiger partial charge in [0.15, 0.2) is 0 Å². The molecule has 2 aromatic carbocycles. The number of aryl methyl sites for hydroxylation is 2. The zero-order chi connectivity index (χ0) is 15.1. The molecule has 2 nitrogen and oxygen atoms in total. The Morgan fingerprint density at radius 3 is 2.43 bits per heavy atom. The van der Waals surface area contributed by atoms with Gasteiger partial charge in [0.1, 0.15) is 0 Å². The maximum Gasteiger partial charge on any atom is 0.219 e. The topological polar surface area (TPSA) is 29.1 Å². The molecule has 0 heterocycles. The van der Waals surface area contributed by atoms with Crippen LogP contribution in [0.25, 0.3) is 11.1 Å². The number of nitrogens with one attached hydrogen (secondary N) is 1. The van der Waals surface area contributed by atoms with Crippen molar-refractivity contribution in [3.63, 3.8) is 0 Å². The first-order valence-electron chi connectivity index (χ1n) is 7.62. The Kier molecular flexibility index (Phi) is 5.56. The van der Waals surface area contributed by atoms with Gasteiger partial charge in [0.05, 0.1) is 0 Å². The third kappa shape index (κ3) is 4.45. The highest BCUT2D eigenvalue weighted by atomic mass is 16.1. The summed E-state index contributed by atoms with van der Waals surface area (Å²) in [5, 5.41) is 2.83. The molecule has 21 heavy (non-hydrogen) atoms. The normalized spacial score (nSPS) is 10.4. The van der Waals surface area contributed by atoms with E-state index in [2.05, 4.69) is 60.8 Å². The summed E-state index contributed by atoms with van der Waals surface area (Å²) in [7, 11) is 0. The van der Waals surface area contributed by atoms with E-state index in [9.17, 15) is 4.79 Å². The van der Waals surface area contributed by atoms with Crippen molar-refractivity contribution in [2.75, 3.05) is 6.54 Å². The first-order valence-corrected chi connectivity index (χ1v) is 7.62. The molecule has 2 heteroatoms. The van der Waals surface area contributed by atoms with Crippen molar-refractivity contribution in [3.8, 4) is 11.1 Å². The van der Waals surface area contributed by atoms with Crippen LogP contribution in [0, 0.1) is 6.92 Å². The monoisotopic (exact) mass is 281 g/mol. The summed E-state index contributed by atoms with van der Waals surface area (Å²) in [5.74, 6) is 0.147. The summed E-state index contributed by atoms with van der Waals surface area (Å²) in [6.07, 6.45) is 2.45. The Morgan fingerprint density at radius 1 is 1.05 bits per heavy atom. The van der Waals surface area contributed by atoms with Gasteiger partial charge in [-0.3, -0.25) is 4.79 Å². The van der Waals surface area contributed by atoms with Gasteiger partial charge in [0, 0.05) is 13.0 Å². The van der Waals surface area contributed by atoms with Crippen molar-refractivity contribution in [1.82, 2.24) is 5.32 Å². The molecule has 1 amide bonds. The summed E-state index contributed by atoms with van der Waals surface area (Å²) < 4.78 is 0. The quantitative estimate of drug-likeness (QED) is 0.848. The zero-order valence-electron chi connectivity index (χ0n) is 12.9. The first kappa shape index (κ1) is 15.3. The fourth-order valence-electron chi connectivity index (χ4n) is 2.49. The largest absolute Gasteiger partial charge is 0.356 e. The molecule has 0 aliphatic rings. The van der Waals surface area contributed by atoms with Crippen LogP contribution in [0.2, 0.25) is 0 Å². The van der Waals surface area contributed by atoms with E-state index in [1.807, 2.05) is 6.92 Å². The SMILES string of the molecule is CCNC(=O)CCCc1ccc(-c2ccccc2C)cc1. The van der Waals surface area contributed by atoms with E-state index in [-0.39, 0.29) is 5.91 Å². The number of carbonyl (C=O) groups is 1. The Labute approximate surface area is 127 Å². The molecule has 0 radical (unpaired) electrons. The van der Waals surface area contributed by atoms with Crippen molar-refractivity contribution < 1.29 is 4.79 Å².